The lowest BCUT2D eigenvalue weighted by Gasteiger charge is -2.04. The quantitative estimate of drug-likeness (QED) is 0.236. The monoisotopic (exact) mass is 497 g/mol. The largest absolute Gasteiger partial charge is 0.494 e. The average molecular weight is 498 g/mol. The van der Waals surface area contributed by atoms with Gasteiger partial charge in [-0.25, -0.2) is 4.98 Å². The maximum atomic E-state index is 12.2. The Morgan fingerprint density at radius 2 is 2.09 bits per heavy atom. The first-order valence-electron chi connectivity index (χ1n) is 10.1. The third-order valence-corrected chi connectivity index (χ3v) is 6.16. The molecule has 2 N–H and O–H groups in total. The number of thiocarbonyl (C=S) groups is 1. The standard InChI is InChI=1S/C24H20ClN3O3S2/c1-3-30-17-6-9-19-21(13-17)33-24(26-19)28-23(32)27-22(29)11-8-16-7-10-20(31-16)15-5-4-14(2)18(25)12-15/h4-13H,3H2,1-2H3,(H2,26,27,28,29,32)/b11-8+. The molecule has 0 fully saturated rings. The van der Waals surface area contributed by atoms with Crippen molar-refractivity contribution in [3.05, 3.63) is 71.0 Å². The Balaban J connectivity index is 1.35. The summed E-state index contributed by atoms with van der Waals surface area (Å²) in [6.07, 6.45) is 2.93. The highest BCUT2D eigenvalue weighted by Crippen LogP contribution is 2.29. The lowest BCUT2D eigenvalue weighted by Crippen LogP contribution is -2.32. The highest BCUT2D eigenvalue weighted by atomic mass is 35.5. The van der Waals surface area contributed by atoms with Crippen molar-refractivity contribution in [2.24, 2.45) is 0 Å². The van der Waals surface area contributed by atoms with E-state index in [1.165, 1.54) is 17.4 Å². The molecule has 1 amide bonds. The molecule has 0 spiro atoms. The fourth-order valence-corrected chi connectivity index (χ4v) is 4.34. The van der Waals surface area contributed by atoms with Gasteiger partial charge in [0.15, 0.2) is 10.2 Å². The number of furan rings is 1. The molecule has 4 aromatic rings. The van der Waals surface area contributed by atoms with Gasteiger partial charge in [0.2, 0.25) is 5.91 Å². The maximum Gasteiger partial charge on any atom is 0.250 e. The summed E-state index contributed by atoms with van der Waals surface area (Å²) in [5, 5.41) is 6.96. The number of rotatable bonds is 6. The molecule has 0 aliphatic heterocycles. The van der Waals surface area contributed by atoms with E-state index in [1.54, 1.807) is 12.1 Å². The summed E-state index contributed by atoms with van der Waals surface area (Å²) in [5.74, 6) is 1.60. The molecular weight excluding hydrogens is 478 g/mol. The zero-order chi connectivity index (χ0) is 23.4. The normalized spacial score (nSPS) is 11.1. The van der Waals surface area contributed by atoms with Crippen LogP contribution in [0.1, 0.15) is 18.2 Å². The van der Waals surface area contributed by atoms with E-state index < -0.39 is 0 Å². The van der Waals surface area contributed by atoms with Gasteiger partial charge in [0.1, 0.15) is 17.3 Å². The maximum absolute atomic E-state index is 12.2. The number of carbonyl (C=O) groups is 1. The van der Waals surface area contributed by atoms with Gasteiger partial charge in [-0.1, -0.05) is 35.1 Å². The lowest BCUT2D eigenvalue weighted by atomic mass is 10.1. The number of nitrogens with zero attached hydrogens (tertiary/aromatic N) is 1. The van der Waals surface area contributed by atoms with Crippen LogP contribution in [0.4, 0.5) is 5.13 Å². The number of anilines is 1. The van der Waals surface area contributed by atoms with Crippen LogP contribution in [0.2, 0.25) is 5.02 Å². The average Bonchev–Trinajstić information content (AvgIpc) is 3.40. The Hall–Kier alpha value is -3.20. The van der Waals surface area contributed by atoms with Crippen molar-refractivity contribution in [1.29, 1.82) is 0 Å². The van der Waals surface area contributed by atoms with Crippen LogP contribution in [-0.2, 0) is 4.79 Å². The van der Waals surface area contributed by atoms with Gasteiger partial charge in [0.25, 0.3) is 0 Å². The van der Waals surface area contributed by atoms with E-state index in [0.29, 0.717) is 28.3 Å². The SMILES string of the molecule is CCOc1ccc2nc(NC(=S)NC(=O)/C=C/c3ccc(-c4ccc(C)c(Cl)c4)o3)sc2c1. The molecule has 0 aliphatic carbocycles. The second-order valence-corrected chi connectivity index (χ2v) is 8.87. The Bertz CT molecular complexity index is 1360. The molecule has 0 saturated carbocycles. The molecule has 2 aromatic carbocycles. The van der Waals surface area contributed by atoms with Gasteiger partial charge in [0.05, 0.1) is 16.8 Å². The van der Waals surface area contributed by atoms with Gasteiger partial charge in [-0.3, -0.25) is 10.1 Å². The molecule has 6 nitrogen and oxygen atoms in total. The summed E-state index contributed by atoms with van der Waals surface area (Å²) >= 11 is 12.8. The predicted octanol–water partition coefficient (Wildman–Crippen LogP) is 6.44. The fraction of sp³-hybridized carbons (Fsp3) is 0.125. The second kappa shape index (κ2) is 10.2. The fourth-order valence-electron chi connectivity index (χ4n) is 3.00. The number of amides is 1. The van der Waals surface area contributed by atoms with Gasteiger partial charge < -0.3 is 14.5 Å². The van der Waals surface area contributed by atoms with E-state index in [2.05, 4.69) is 15.6 Å². The minimum absolute atomic E-state index is 0.156. The van der Waals surface area contributed by atoms with Gasteiger partial charge in [0, 0.05) is 16.7 Å². The number of ether oxygens (including phenoxy) is 1. The second-order valence-electron chi connectivity index (χ2n) is 7.02. The van der Waals surface area contributed by atoms with Crippen LogP contribution in [0.3, 0.4) is 0 Å². The molecule has 0 bridgehead atoms. The number of carbonyl (C=O) groups excluding carboxylic acids is 1. The van der Waals surface area contributed by atoms with Crippen LogP contribution in [-0.4, -0.2) is 22.6 Å². The first kappa shape index (κ1) is 23.0. The van der Waals surface area contributed by atoms with Gasteiger partial charge in [-0.05, 0) is 74.1 Å². The molecule has 0 radical (unpaired) electrons. The van der Waals surface area contributed by atoms with E-state index in [9.17, 15) is 4.79 Å². The minimum atomic E-state index is -0.386. The number of aryl methyl sites for hydroxylation is 1. The number of hydrogen-bond donors (Lipinski definition) is 2. The Morgan fingerprint density at radius 1 is 1.24 bits per heavy atom. The summed E-state index contributed by atoms with van der Waals surface area (Å²) in [6, 6.07) is 15.0. The first-order valence-corrected chi connectivity index (χ1v) is 11.7. The number of aromatic nitrogens is 1. The summed E-state index contributed by atoms with van der Waals surface area (Å²) in [6.45, 7) is 4.47. The minimum Gasteiger partial charge on any atom is -0.494 e. The third-order valence-electron chi connectivity index (χ3n) is 4.61. The predicted molar refractivity (Wildman–Crippen MR) is 138 cm³/mol. The van der Waals surface area contributed by atoms with Crippen LogP contribution in [0.25, 0.3) is 27.6 Å². The molecular formula is C24H20ClN3O3S2. The van der Waals surface area contributed by atoms with Gasteiger partial charge in [-0.15, -0.1) is 0 Å². The van der Waals surface area contributed by atoms with Crippen LogP contribution in [0, 0.1) is 6.92 Å². The first-order chi connectivity index (χ1) is 15.9. The highest BCUT2D eigenvalue weighted by molar-refractivity contribution is 7.80. The van der Waals surface area contributed by atoms with Crippen molar-refractivity contribution < 1.29 is 13.9 Å². The number of nitrogens with one attached hydrogen (secondary N) is 2. The summed E-state index contributed by atoms with van der Waals surface area (Å²) in [7, 11) is 0. The topological polar surface area (TPSA) is 76.4 Å². The smallest absolute Gasteiger partial charge is 0.250 e. The molecule has 0 saturated heterocycles. The Kier molecular flexibility index (Phi) is 7.08. The summed E-state index contributed by atoms with van der Waals surface area (Å²) < 4.78 is 12.3. The van der Waals surface area contributed by atoms with Crippen molar-refractivity contribution in [3.8, 4) is 17.1 Å². The molecule has 2 aromatic heterocycles. The summed E-state index contributed by atoms with van der Waals surface area (Å²) in [4.78, 5) is 16.7. The van der Waals surface area contributed by atoms with E-state index >= 15 is 0 Å². The van der Waals surface area contributed by atoms with E-state index in [1.807, 2.05) is 56.3 Å². The third kappa shape index (κ3) is 5.78. The van der Waals surface area contributed by atoms with Crippen molar-refractivity contribution >= 4 is 67.6 Å². The van der Waals surface area contributed by atoms with Gasteiger partial charge in [-0.2, -0.15) is 0 Å². The van der Waals surface area contributed by atoms with Crippen LogP contribution in [0.5, 0.6) is 5.75 Å². The molecule has 4 rings (SSSR count). The molecule has 33 heavy (non-hydrogen) atoms. The van der Waals surface area contributed by atoms with E-state index in [0.717, 1.165) is 27.1 Å². The number of fused-ring (bicyclic) bond motifs is 1. The molecule has 2 heterocycles. The number of halogens is 1. The Labute approximate surface area is 205 Å². The highest BCUT2D eigenvalue weighted by Gasteiger charge is 2.09. The van der Waals surface area contributed by atoms with Gasteiger partial charge >= 0.3 is 0 Å². The molecule has 0 unspecified atom stereocenters. The lowest BCUT2D eigenvalue weighted by molar-refractivity contribution is -0.115. The molecule has 9 heteroatoms. The molecule has 0 aliphatic rings. The summed E-state index contributed by atoms with van der Waals surface area (Å²) in [5.41, 5.74) is 2.68. The van der Waals surface area contributed by atoms with E-state index in [-0.39, 0.29) is 11.0 Å². The van der Waals surface area contributed by atoms with Crippen molar-refractivity contribution in [1.82, 2.24) is 10.3 Å². The molecule has 168 valence electrons. The van der Waals surface area contributed by atoms with Crippen LogP contribution in [0.15, 0.2) is 59.0 Å². The van der Waals surface area contributed by atoms with Crippen molar-refractivity contribution in [2.75, 3.05) is 11.9 Å². The Morgan fingerprint density at radius 3 is 2.88 bits per heavy atom. The zero-order valence-corrected chi connectivity index (χ0v) is 20.2. The van der Waals surface area contributed by atoms with Crippen LogP contribution >= 0.6 is 35.2 Å². The van der Waals surface area contributed by atoms with Crippen LogP contribution < -0.4 is 15.4 Å². The number of thiazole rings is 1. The number of benzene rings is 2. The number of hydrogen-bond acceptors (Lipinski definition) is 6. The van der Waals surface area contributed by atoms with E-state index in [4.69, 9.17) is 33.0 Å². The molecule has 0 atom stereocenters. The van der Waals surface area contributed by atoms with Crippen molar-refractivity contribution in [2.45, 2.75) is 13.8 Å². The van der Waals surface area contributed by atoms with Crippen molar-refractivity contribution in [3.63, 3.8) is 0 Å². The zero-order valence-electron chi connectivity index (χ0n) is 17.8.